The molecular formula is C23H19ClNO3S2+. The van der Waals surface area contributed by atoms with Crippen LogP contribution < -0.4 is 4.57 Å². The average molecular weight is 457 g/mol. The minimum Gasteiger partial charge on any atom is -0.466 e. The smallest absolute Gasteiger partial charge is 0.310 e. The summed E-state index contributed by atoms with van der Waals surface area (Å²) in [5, 5.41) is 0.551. The highest BCUT2D eigenvalue weighted by Crippen LogP contribution is 2.38. The molecule has 0 bridgehead atoms. The van der Waals surface area contributed by atoms with E-state index in [0.717, 1.165) is 9.90 Å². The molecule has 0 spiro atoms. The number of carbonyl (C=O) groups excluding carboxylic acids is 2. The molecule has 0 amide bonds. The Morgan fingerprint density at radius 3 is 2.53 bits per heavy atom. The number of hydrogen-bond donors (Lipinski definition) is 0. The molecule has 0 atom stereocenters. The summed E-state index contributed by atoms with van der Waals surface area (Å²) in [6, 6.07) is 12.4. The monoisotopic (exact) mass is 456 g/mol. The number of benzene rings is 1. The molecule has 30 heavy (non-hydrogen) atoms. The number of aromatic nitrogens is 1. The molecule has 0 N–H and O–H groups in total. The van der Waals surface area contributed by atoms with E-state index < -0.39 is 0 Å². The number of halogens is 1. The van der Waals surface area contributed by atoms with Crippen molar-refractivity contribution in [2.75, 3.05) is 12.4 Å². The van der Waals surface area contributed by atoms with Crippen molar-refractivity contribution in [3.8, 4) is 18.0 Å². The zero-order valence-corrected chi connectivity index (χ0v) is 18.7. The SMILES string of the molecule is C#CCSc1sc(C(=O)c2ccc(Cl)cc2)c(CC(=O)OCC)c1-[n+]1ccccc1. The van der Waals surface area contributed by atoms with Crippen LogP contribution >= 0.6 is 34.7 Å². The topological polar surface area (TPSA) is 47.3 Å². The number of terminal acetylenes is 1. The lowest BCUT2D eigenvalue weighted by Gasteiger charge is -2.05. The fourth-order valence-corrected chi connectivity index (χ4v) is 5.26. The zero-order valence-electron chi connectivity index (χ0n) is 16.3. The third-order valence-electron chi connectivity index (χ3n) is 4.15. The van der Waals surface area contributed by atoms with Gasteiger partial charge >= 0.3 is 5.97 Å². The summed E-state index contributed by atoms with van der Waals surface area (Å²) in [7, 11) is 0. The number of thiophene rings is 1. The average Bonchev–Trinajstić information content (AvgIpc) is 3.11. The number of rotatable bonds is 8. The summed E-state index contributed by atoms with van der Waals surface area (Å²) in [6.07, 6.45) is 9.23. The number of esters is 1. The van der Waals surface area contributed by atoms with Gasteiger partial charge in [0.2, 0.25) is 11.5 Å². The van der Waals surface area contributed by atoms with Crippen LogP contribution in [-0.4, -0.2) is 24.1 Å². The van der Waals surface area contributed by atoms with Gasteiger partial charge in [-0.2, -0.15) is 4.57 Å². The van der Waals surface area contributed by atoms with Crippen molar-refractivity contribution >= 4 is 46.5 Å². The van der Waals surface area contributed by atoms with Crippen molar-refractivity contribution in [1.29, 1.82) is 0 Å². The van der Waals surface area contributed by atoms with E-state index >= 15 is 0 Å². The van der Waals surface area contributed by atoms with Crippen molar-refractivity contribution in [2.24, 2.45) is 0 Å². The first kappa shape index (κ1) is 22.1. The number of ether oxygens (including phenoxy) is 1. The van der Waals surface area contributed by atoms with Gasteiger partial charge in [-0.25, -0.2) is 0 Å². The maximum Gasteiger partial charge on any atom is 0.310 e. The molecule has 3 rings (SSSR count). The van der Waals surface area contributed by atoms with Crippen molar-refractivity contribution in [3.63, 3.8) is 0 Å². The molecule has 0 unspecified atom stereocenters. The Balaban J connectivity index is 2.17. The van der Waals surface area contributed by atoms with Crippen LogP contribution in [0.25, 0.3) is 5.69 Å². The molecule has 4 nitrogen and oxygen atoms in total. The third kappa shape index (κ3) is 5.11. The summed E-state index contributed by atoms with van der Waals surface area (Å²) in [6.45, 7) is 2.03. The first-order valence-corrected chi connectivity index (χ1v) is 11.4. The van der Waals surface area contributed by atoms with Crippen LogP contribution in [0.5, 0.6) is 0 Å². The fourth-order valence-electron chi connectivity index (χ4n) is 2.88. The van der Waals surface area contributed by atoms with Crippen molar-refractivity contribution in [2.45, 2.75) is 17.6 Å². The van der Waals surface area contributed by atoms with Crippen LogP contribution in [0.3, 0.4) is 0 Å². The highest BCUT2D eigenvalue weighted by atomic mass is 35.5. The quantitative estimate of drug-likeness (QED) is 0.161. The summed E-state index contributed by atoms with van der Waals surface area (Å²) in [5.41, 5.74) is 1.92. The molecule has 2 heterocycles. The molecule has 0 aliphatic rings. The Morgan fingerprint density at radius 2 is 1.90 bits per heavy atom. The lowest BCUT2D eigenvalue weighted by atomic mass is 10.0. The Morgan fingerprint density at radius 1 is 1.20 bits per heavy atom. The predicted molar refractivity (Wildman–Crippen MR) is 121 cm³/mol. The summed E-state index contributed by atoms with van der Waals surface area (Å²) in [5.74, 6) is 2.53. The van der Waals surface area contributed by atoms with E-state index in [-0.39, 0.29) is 24.8 Å². The van der Waals surface area contributed by atoms with Crippen LogP contribution in [0, 0.1) is 12.3 Å². The molecule has 7 heteroatoms. The van der Waals surface area contributed by atoms with Gasteiger partial charge in [-0.1, -0.05) is 35.3 Å². The Labute approximate surface area is 188 Å². The molecular weight excluding hydrogens is 438 g/mol. The summed E-state index contributed by atoms with van der Waals surface area (Å²) >= 11 is 8.78. The van der Waals surface area contributed by atoms with Crippen LogP contribution in [-0.2, 0) is 16.0 Å². The molecule has 2 aromatic heterocycles. The molecule has 3 aromatic rings. The minimum absolute atomic E-state index is 0.00710. The van der Waals surface area contributed by atoms with Crippen LogP contribution in [0.2, 0.25) is 5.02 Å². The number of carbonyl (C=O) groups is 2. The Hall–Kier alpha value is -2.59. The number of ketones is 1. The molecule has 1 aromatic carbocycles. The van der Waals surface area contributed by atoms with Crippen LogP contribution in [0.15, 0.2) is 59.1 Å². The fraction of sp³-hybridized carbons (Fsp3) is 0.174. The standard InChI is InChI=1S/C23H19ClNO3S2/c1-3-14-29-23-20(25-12-6-5-7-13-25)18(15-19(26)28-4-2)22(30-23)21(27)16-8-10-17(24)11-9-16/h1,5-13H,4,14-15H2,2H3/q+1. The Bertz CT molecular complexity index is 1090. The van der Waals surface area contributed by atoms with Gasteiger partial charge in [0, 0.05) is 22.7 Å². The van der Waals surface area contributed by atoms with Crippen LogP contribution in [0.4, 0.5) is 0 Å². The van der Waals surface area contributed by atoms with Gasteiger partial charge in [0.25, 0.3) is 0 Å². The summed E-state index contributed by atoms with van der Waals surface area (Å²) < 4.78 is 7.95. The molecule has 0 fully saturated rings. The lowest BCUT2D eigenvalue weighted by Crippen LogP contribution is -2.31. The second-order valence-corrected chi connectivity index (χ2v) is 8.84. The van der Waals surface area contributed by atoms with E-state index in [1.165, 1.54) is 23.1 Å². The van der Waals surface area contributed by atoms with Gasteiger partial charge in [-0.15, -0.1) is 17.8 Å². The van der Waals surface area contributed by atoms with E-state index in [9.17, 15) is 9.59 Å². The van der Waals surface area contributed by atoms with Crippen molar-refractivity contribution in [1.82, 2.24) is 0 Å². The van der Waals surface area contributed by atoms with Crippen molar-refractivity contribution in [3.05, 3.63) is 75.9 Å². The van der Waals surface area contributed by atoms with E-state index in [4.69, 9.17) is 22.8 Å². The second kappa shape index (κ2) is 10.4. The second-order valence-electron chi connectivity index (χ2n) is 6.14. The number of hydrogen-bond acceptors (Lipinski definition) is 5. The third-order valence-corrected chi connectivity index (χ3v) is 6.78. The minimum atomic E-state index is -0.383. The van der Waals surface area contributed by atoms with Gasteiger partial charge in [0.05, 0.1) is 29.2 Å². The first-order valence-electron chi connectivity index (χ1n) is 9.19. The zero-order chi connectivity index (χ0) is 21.5. The van der Waals surface area contributed by atoms with E-state index in [0.29, 0.717) is 26.8 Å². The molecule has 152 valence electrons. The van der Waals surface area contributed by atoms with Gasteiger partial charge in [0.15, 0.2) is 12.4 Å². The van der Waals surface area contributed by atoms with Crippen molar-refractivity contribution < 1.29 is 18.9 Å². The molecule has 0 radical (unpaired) electrons. The molecule has 0 saturated carbocycles. The molecule has 0 aliphatic heterocycles. The predicted octanol–water partition coefficient (Wildman–Crippen LogP) is 4.74. The summed E-state index contributed by atoms with van der Waals surface area (Å²) in [4.78, 5) is 26.2. The van der Waals surface area contributed by atoms with Crippen LogP contribution in [0.1, 0.15) is 27.7 Å². The van der Waals surface area contributed by atoms with Gasteiger partial charge in [-0.05, 0) is 31.2 Å². The van der Waals surface area contributed by atoms with E-state index in [2.05, 4.69) is 5.92 Å². The molecule has 0 saturated heterocycles. The Kier molecular flexibility index (Phi) is 7.69. The normalized spacial score (nSPS) is 10.4. The van der Waals surface area contributed by atoms with Gasteiger partial charge < -0.3 is 4.74 Å². The highest BCUT2D eigenvalue weighted by Gasteiger charge is 2.31. The molecule has 0 aliphatic carbocycles. The van der Waals surface area contributed by atoms with Gasteiger partial charge in [-0.3, -0.25) is 9.59 Å². The van der Waals surface area contributed by atoms with Gasteiger partial charge in [0.1, 0.15) is 4.21 Å². The first-order chi connectivity index (χ1) is 14.5. The highest BCUT2D eigenvalue weighted by molar-refractivity contribution is 8.01. The largest absolute Gasteiger partial charge is 0.466 e. The number of pyridine rings is 1. The van der Waals surface area contributed by atoms with E-state index in [1.807, 2.05) is 35.2 Å². The number of nitrogens with zero attached hydrogens (tertiary/aromatic N) is 1. The maximum absolute atomic E-state index is 13.3. The number of thioether (sulfide) groups is 1. The lowest BCUT2D eigenvalue weighted by molar-refractivity contribution is -0.598. The van der Waals surface area contributed by atoms with E-state index in [1.54, 1.807) is 31.2 Å². The maximum atomic E-state index is 13.3.